The molecule has 32 heavy (non-hydrogen) atoms. The van der Waals surface area contributed by atoms with Crippen molar-refractivity contribution in [2.75, 3.05) is 0 Å². The molecular formula is C24H28Cl3N3O2. The molecule has 1 amide bonds. The molecule has 5 nitrogen and oxygen atoms in total. The first kappa shape index (κ1) is 24.8. The van der Waals surface area contributed by atoms with Crippen LogP contribution in [0.3, 0.4) is 0 Å². The Morgan fingerprint density at radius 1 is 1.19 bits per heavy atom. The number of guanidine groups is 1. The van der Waals surface area contributed by atoms with Crippen molar-refractivity contribution in [1.29, 1.82) is 5.41 Å². The monoisotopic (exact) mass is 495 g/mol. The van der Waals surface area contributed by atoms with E-state index in [0.717, 1.165) is 16.7 Å². The van der Waals surface area contributed by atoms with Crippen LogP contribution < -0.4 is 5.32 Å². The van der Waals surface area contributed by atoms with Crippen molar-refractivity contribution in [1.82, 2.24) is 10.2 Å². The summed E-state index contributed by atoms with van der Waals surface area (Å²) in [5.41, 5.74) is 1.71. The van der Waals surface area contributed by atoms with Gasteiger partial charge in [-0.3, -0.25) is 15.1 Å². The summed E-state index contributed by atoms with van der Waals surface area (Å²) in [6.07, 6.45) is 1.90. The van der Waals surface area contributed by atoms with Crippen LogP contribution in [0.5, 0.6) is 0 Å². The third-order valence-corrected chi connectivity index (χ3v) is 7.24. The number of rotatable bonds is 3. The van der Waals surface area contributed by atoms with Crippen LogP contribution in [0.4, 0.5) is 0 Å². The molecule has 2 aliphatic rings. The molecule has 0 bridgehead atoms. The summed E-state index contributed by atoms with van der Waals surface area (Å²) < 4.78 is 0. The standard InChI is InChI=1S/C24H27Cl2N3O2.ClH/c1-14-11-17(9-10-20(14)30)29-21(31)13-24(2,28-23(29)27)19-8-4-7-18(22(19)26)15-5-3-6-16(25)12-15;/h3-8,12,14,17,20,30H,9-11,13H2,1-2H3,(H2,27,28);1H/t14-,17-,20+,24-;/m0./s1. The van der Waals surface area contributed by atoms with Gasteiger partial charge < -0.3 is 10.4 Å². The van der Waals surface area contributed by atoms with Gasteiger partial charge in [0, 0.05) is 16.6 Å². The molecular weight excluding hydrogens is 469 g/mol. The van der Waals surface area contributed by atoms with E-state index < -0.39 is 5.54 Å². The second-order valence-electron chi connectivity index (χ2n) is 8.94. The predicted molar refractivity (Wildman–Crippen MR) is 132 cm³/mol. The average Bonchev–Trinajstić information content (AvgIpc) is 2.70. The first-order valence-corrected chi connectivity index (χ1v) is 11.4. The number of hydrogen-bond donors (Lipinski definition) is 3. The Morgan fingerprint density at radius 2 is 1.91 bits per heavy atom. The molecule has 0 aromatic heterocycles. The van der Waals surface area contributed by atoms with E-state index in [-0.39, 0.29) is 48.8 Å². The molecule has 2 fully saturated rings. The van der Waals surface area contributed by atoms with E-state index in [0.29, 0.717) is 29.3 Å². The molecule has 0 radical (unpaired) electrons. The minimum absolute atomic E-state index is 0. The largest absolute Gasteiger partial charge is 0.393 e. The fraction of sp³-hybridized carbons (Fsp3) is 0.417. The Bertz CT molecular complexity index is 1010. The summed E-state index contributed by atoms with van der Waals surface area (Å²) in [7, 11) is 0. The normalized spacial score (nSPS) is 28.2. The molecule has 0 spiro atoms. The van der Waals surface area contributed by atoms with Gasteiger partial charge in [-0.25, -0.2) is 0 Å². The molecule has 8 heteroatoms. The van der Waals surface area contributed by atoms with Gasteiger partial charge in [0.2, 0.25) is 5.91 Å². The van der Waals surface area contributed by atoms with Gasteiger partial charge in [-0.1, -0.05) is 60.5 Å². The zero-order valence-corrected chi connectivity index (χ0v) is 20.4. The highest BCUT2D eigenvalue weighted by Gasteiger charge is 2.44. The van der Waals surface area contributed by atoms with Crippen LogP contribution in [0.1, 0.15) is 45.1 Å². The topological polar surface area (TPSA) is 76.4 Å². The highest BCUT2D eigenvalue weighted by Crippen LogP contribution is 2.40. The molecule has 172 valence electrons. The van der Waals surface area contributed by atoms with Gasteiger partial charge in [-0.05, 0) is 55.4 Å². The molecule has 0 unspecified atom stereocenters. The lowest BCUT2D eigenvalue weighted by molar-refractivity contribution is -0.133. The highest BCUT2D eigenvalue weighted by atomic mass is 35.5. The van der Waals surface area contributed by atoms with Gasteiger partial charge >= 0.3 is 0 Å². The first-order valence-electron chi connectivity index (χ1n) is 10.6. The highest BCUT2D eigenvalue weighted by molar-refractivity contribution is 6.34. The van der Waals surface area contributed by atoms with Crippen LogP contribution in [-0.4, -0.2) is 34.0 Å². The lowest BCUT2D eigenvalue weighted by Crippen LogP contribution is -2.62. The lowest BCUT2D eigenvalue weighted by atomic mass is 9.81. The third kappa shape index (κ3) is 4.62. The van der Waals surface area contributed by atoms with E-state index in [1.54, 1.807) is 4.90 Å². The van der Waals surface area contributed by atoms with Crippen molar-refractivity contribution < 1.29 is 9.90 Å². The van der Waals surface area contributed by atoms with Crippen LogP contribution in [0.15, 0.2) is 42.5 Å². The Morgan fingerprint density at radius 3 is 2.56 bits per heavy atom. The molecule has 4 rings (SSSR count). The molecule has 1 saturated carbocycles. The third-order valence-electron chi connectivity index (χ3n) is 6.60. The van der Waals surface area contributed by atoms with Crippen molar-refractivity contribution in [2.45, 2.75) is 57.2 Å². The number of benzene rings is 2. The van der Waals surface area contributed by atoms with Crippen molar-refractivity contribution in [3.63, 3.8) is 0 Å². The fourth-order valence-corrected chi connectivity index (χ4v) is 5.48. The van der Waals surface area contributed by atoms with Crippen LogP contribution in [0.25, 0.3) is 11.1 Å². The van der Waals surface area contributed by atoms with Gasteiger partial charge in [0.15, 0.2) is 5.96 Å². The number of aliphatic hydroxyl groups excluding tert-OH is 1. The number of nitrogens with one attached hydrogen (secondary N) is 2. The number of halogens is 3. The summed E-state index contributed by atoms with van der Waals surface area (Å²) in [6.45, 7) is 3.90. The predicted octanol–water partition coefficient (Wildman–Crippen LogP) is 5.60. The van der Waals surface area contributed by atoms with Gasteiger partial charge in [0.25, 0.3) is 0 Å². The zero-order valence-electron chi connectivity index (χ0n) is 18.1. The summed E-state index contributed by atoms with van der Waals surface area (Å²) >= 11 is 13.0. The lowest BCUT2D eigenvalue weighted by Gasteiger charge is -2.46. The average molecular weight is 497 g/mol. The minimum atomic E-state index is -0.796. The molecule has 1 heterocycles. The van der Waals surface area contributed by atoms with Crippen LogP contribution in [-0.2, 0) is 10.3 Å². The maximum Gasteiger partial charge on any atom is 0.232 e. The second-order valence-corrected chi connectivity index (χ2v) is 9.75. The molecule has 1 aliphatic carbocycles. The number of nitrogens with zero attached hydrogens (tertiary/aromatic N) is 1. The van der Waals surface area contributed by atoms with E-state index in [2.05, 4.69) is 5.32 Å². The molecule has 1 saturated heterocycles. The molecule has 1 aliphatic heterocycles. The van der Waals surface area contributed by atoms with E-state index in [4.69, 9.17) is 28.6 Å². The summed E-state index contributed by atoms with van der Waals surface area (Å²) in [5.74, 6) is 0.108. The Labute approximate surface area is 205 Å². The Hall–Kier alpha value is -1.79. The molecule has 2 aromatic carbocycles. The molecule has 4 atom stereocenters. The minimum Gasteiger partial charge on any atom is -0.393 e. The van der Waals surface area contributed by atoms with Crippen molar-refractivity contribution in [2.24, 2.45) is 5.92 Å². The van der Waals surface area contributed by atoms with E-state index in [1.807, 2.05) is 56.3 Å². The summed E-state index contributed by atoms with van der Waals surface area (Å²) in [6, 6.07) is 13.2. The van der Waals surface area contributed by atoms with Crippen LogP contribution in [0, 0.1) is 11.3 Å². The molecule has 3 N–H and O–H groups in total. The SMILES string of the molecule is C[C@H]1C[C@@H](N2C(=N)N[C@](C)(c3cccc(-c4cccc(Cl)c4)c3Cl)CC2=O)CC[C@H]1O.Cl. The fourth-order valence-electron chi connectivity index (χ4n) is 4.85. The number of amides is 1. The van der Waals surface area contributed by atoms with Gasteiger partial charge in [0.05, 0.1) is 23.1 Å². The number of hydrogen-bond acceptors (Lipinski definition) is 3. The molecule has 2 aromatic rings. The van der Waals surface area contributed by atoms with Crippen molar-refractivity contribution in [3.05, 3.63) is 58.1 Å². The van der Waals surface area contributed by atoms with Crippen LogP contribution >= 0.6 is 35.6 Å². The van der Waals surface area contributed by atoms with Crippen molar-refractivity contribution >= 4 is 47.5 Å². The number of aliphatic hydroxyl groups is 1. The first-order chi connectivity index (χ1) is 14.7. The smallest absolute Gasteiger partial charge is 0.232 e. The number of carbonyl (C=O) groups excluding carboxylic acids is 1. The quantitative estimate of drug-likeness (QED) is 0.517. The van der Waals surface area contributed by atoms with Crippen LogP contribution in [0.2, 0.25) is 10.0 Å². The summed E-state index contributed by atoms with van der Waals surface area (Å²) in [4.78, 5) is 14.8. The maximum atomic E-state index is 13.2. The zero-order chi connectivity index (χ0) is 22.3. The Kier molecular flexibility index (Phi) is 7.45. The van der Waals surface area contributed by atoms with E-state index >= 15 is 0 Å². The number of carbonyl (C=O) groups is 1. The Balaban J connectivity index is 0.00000289. The van der Waals surface area contributed by atoms with E-state index in [9.17, 15) is 9.90 Å². The second kappa shape index (κ2) is 9.60. The van der Waals surface area contributed by atoms with Gasteiger partial charge in [-0.2, -0.15) is 0 Å². The van der Waals surface area contributed by atoms with Crippen molar-refractivity contribution in [3.8, 4) is 11.1 Å². The maximum absolute atomic E-state index is 13.2. The van der Waals surface area contributed by atoms with E-state index in [1.165, 1.54) is 0 Å². The summed E-state index contributed by atoms with van der Waals surface area (Å²) in [5, 5.41) is 23.1. The van der Waals surface area contributed by atoms with Gasteiger partial charge in [-0.15, -0.1) is 12.4 Å². The van der Waals surface area contributed by atoms with Gasteiger partial charge in [0.1, 0.15) is 0 Å².